The van der Waals surface area contributed by atoms with Crippen molar-refractivity contribution < 1.29 is 9.53 Å². The summed E-state index contributed by atoms with van der Waals surface area (Å²) in [6, 6.07) is 10.6. The Morgan fingerprint density at radius 3 is 2.86 bits per heavy atom. The summed E-state index contributed by atoms with van der Waals surface area (Å²) in [5.74, 6) is -0.151. The summed E-state index contributed by atoms with van der Waals surface area (Å²) in [5, 5.41) is 0. The highest BCUT2D eigenvalue weighted by atomic mass is 16.5. The molecule has 0 aromatic heterocycles. The molecule has 0 radical (unpaired) electrons. The summed E-state index contributed by atoms with van der Waals surface area (Å²) in [5.41, 5.74) is 4.91. The Balaban J connectivity index is 1.60. The molecule has 0 amide bonds. The van der Waals surface area contributed by atoms with Crippen LogP contribution in [0.3, 0.4) is 0 Å². The molecule has 0 fully saturated rings. The van der Waals surface area contributed by atoms with E-state index >= 15 is 0 Å². The molecule has 0 unspecified atom stereocenters. The lowest BCUT2D eigenvalue weighted by Crippen LogP contribution is -2.30. The van der Waals surface area contributed by atoms with Gasteiger partial charge in [0.25, 0.3) is 0 Å². The number of rotatable bonds is 4. The molecule has 0 saturated heterocycles. The van der Waals surface area contributed by atoms with Crippen LogP contribution in [0.1, 0.15) is 25.3 Å². The van der Waals surface area contributed by atoms with Crippen molar-refractivity contribution in [2.45, 2.75) is 26.3 Å². The number of hydrogen-bond donors (Lipinski definition) is 0. The first kappa shape index (κ1) is 14.1. The minimum absolute atomic E-state index is 0.151. The number of benzene rings is 1. The van der Waals surface area contributed by atoms with Crippen molar-refractivity contribution in [1.82, 2.24) is 4.90 Å². The molecule has 0 N–H and O–H groups in total. The van der Waals surface area contributed by atoms with E-state index in [0.29, 0.717) is 6.61 Å². The zero-order valence-corrected chi connectivity index (χ0v) is 12.5. The second-order valence-electron chi connectivity index (χ2n) is 5.64. The lowest BCUT2D eigenvalue weighted by molar-refractivity contribution is -0.138. The Morgan fingerprint density at radius 2 is 2.10 bits per heavy atom. The van der Waals surface area contributed by atoms with Crippen LogP contribution < -0.4 is 0 Å². The van der Waals surface area contributed by atoms with Gasteiger partial charge in [-0.05, 0) is 36.1 Å². The zero-order chi connectivity index (χ0) is 14.7. The average Bonchev–Trinajstić information content (AvgIpc) is 2.92. The van der Waals surface area contributed by atoms with E-state index < -0.39 is 0 Å². The monoisotopic (exact) mass is 283 g/mol. The Labute approximate surface area is 125 Å². The molecule has 3 rings (SSSR count). The highest BCUT2D eigenvalue weighted by Crippen LogP contribution is 2.32. The van der Waals surface area contributed by atoms with Crippen LogP contribution in [0.5, 0.6) is 0 Å². The number of carbonyl (C=O) groups is 1. The highest BCUT2D eigenvalue weighted by Gasteiger charge is 2.26. The summed E-state index contributed by atoms with van der Waals surface area (Å²) in [6.45, 7) is 5.29. The van der Waals surface area contributed by atoms with Crippen molar-refractivity contribution in [3.63, 3.8) is 0 Å². The minimum atomic E-state index is -0.151. The van der Waals surface area contributed by atoms with Gasteiger partial charge in [0.2, 0.25) is 0 Å². The second-order valence-corrected chi connectivity index (χ2v) is 5.64. The largest absolute Gasteiger partial charge is 0.463 e. The van der Waals surface area contributed by atoms with Crippen LogP contribution in [0, 0.1) is 0 Å². The first-order chi connectivity index (χ1) is 10.3. The van der Waals surface area contributed by atoms with Gasteiger partial charge in [0.05, 0.1) is 6.61 Å². The average molecular weight is 283 g/mol. The molecule has 0 bridgehead atoms. The number of esters is 1. The molecule has 1 aromatic carbocycles. The van der Waals surface area contributed by atoms with Crippen LogP contribution in [0.15, 0.2) is 53.1 Å². The van der Waals surface area contributed by atoms with Gasteiger partial charge in [-0.2, -0.15) is 0 Å². The van der Waals surface area contributed by atoms with Crippen LogP contribution in [0.2, 0.25) is 0 Å². The normalized spacial score (nSPS) is 18.4. The number of hydrogen-bond acceptors (Lipinski definition) is 3. The van der Waals surface area contributed by atoms with E-state index in [9.17, 15) is 4.79 Å². The topological polar surface area (TPSA) is 29.5 Å². The van der Waals surface area contributed by atoms with Gasteiger partial charge in [-0.1, -0.05) is 30.3 Å². The number of allylic oxidation sites excluding steroid dienone is 1. The lowest BCUT2D eigenvalue weighted by Gasteiger charge is -2.28. The third-order valence-corrected chi connectivity index (χ3v) is 4.10. The number of carbonyl (C=O) groups excluding carboxylic acids is 1. The Bertz CT molecular complexity index is 586. The molecule has 1 aliphatic heterocycles. The van der Waals surface area contributed by atoms with Crippen molar-refractivity contribution >= 4 is 5.97 Å². The van der Waals surface area contributed by atoms with Gasteiger partial charge in [0.1, 0.15) is 0 Å². The molecule has 21 heavy (non-hydrogen) atoms. The first-order valence-corrected chi connectivity index (χ1v) is 7.61. The van der Waals surface area contributed by atoms with Crippen LogP contribution in [-0.4, -0.2) is 30.6 Å². The van der Waals surface area contributed by atoms with E-state index in [2.05, 4.69) is 29.2 Å². The Morgan fingerprint density at radius 1 is 1.29 bits per heavy atom. The van der Waals surface area contributed by atoms with Crippen LogP contribution in [0.4, 0.5) is 0 Å². The molecule has 3 nitrogen and oxygen atoms in total. The van der Waals surface area contributed by atoms with Gasteiger partial charge in [-0.25, -0.2) is 4.79 Å². The third kappa shape index (κ3) is 3.24. The number of nitrogens with zero attached hydrogens (tertiary/aromatic N) is 1. The molecule has 0 saturated carbocycles. The summed E-state index contributed by atoms with van der Waals surface area (Å²) in [4.78, 5) is 14.3. The summed E-state index contributed by atoms with van der Waals surface area (Å²) < 4.78 is 5.11. The zero-order valence-electron chi connectivity index (χ0n) is 12.5. The van der Waals surface area contributed by atoms with E-state index in [4.69, 9.17) is 4.74 Å². The van der Waals surface area contributed by atoms with E-state index in [0.717, 1.165) is 38.0 Å². The second kappa shape index (κ2) is 6.27. The third-order valence-electron chi connectivity index (χ3n) is 4.10. The minimum Gasteiger partial charge on any atom is -0.463 e. The fourth-order valence-electron chi connectivity index (χ4n) is 3.07. The van der Waals surface area contributed by atoms with Gasteiger partial charge in [-0.15, -0.1) is 0 Å². The van der Waals surface area contributed by atoms with E-state index in [-0.39, 0.29) is 5.97 Å². The quantitative estimate of drug-likeness (QED) is 0.795. The van der Waals surface area contributed by atoms with Crippen molar-refractivity contribution in [1.29, 1.82) is 0 Å². The molecule has 0 spiro atoms. The molecule has 110 valence electrons. The standard InChI is InChI=1S/C18H21NO2/c1-2-21-18(20)16-10-15-8-9-19(13-17(15)11-16)12-14-6-4-3-5-7-14/h3-7,10H,2,8-9,11-13H2,1H3. The van der Waals surface area contributed by atoms with Gasteiger partial charge < -0.3 is 4.74 Å². The van der Waals surface area contributed by atoms with Gasteiger partial charge in [0, 0.05) is 31.6 Å². The summed E-state index contributed by atoms with van der Waals surface area (Å²) >= 11 is 0. The molecular weight excluding hydrogens is 262 g/mol. The number of ether oxygens (including phenoxy) is 1. The van der Waals surface area contributed by atoms with Crippen LogP contribution in [-0.2, 0) is 16.1 Å². The summed E-state index contributed by atoms with van der Waals surface area (Å²) in [6.07, 6.45) is 3.84. The van der Waals surface area contributed by atoms with Crippen LogP contribution >= 0.6 is 0 Å². The lowest BCUT2D eigenvalue weighted by atomic mass is 10.0. The fraction of sp³-hybridized carbons (Fsp3) is 0.389. The van der Waals surface area contributed by atoms with Crippen molar-refractivity contribution in [2.75, 3.05) is 19.7 Å². The molecule has 3 heteroatoms. The van der Waals surface area contributed by atoms with Gasteiger partial charge in [-0.3, -0.25) is 4.90 Å². The van der Waals surface area contributed by atoms with E-state index in [1.807, 2.05) is 19.1 Å². The molecule has 1 heterocycles. The molecule has 1 aromatic rings. The molecule has 0 atom stereocenters. The SMILES string of the molecule is CCOC(=O)C1=CC2=C(C1)CN(Cc1ccccc1)CC2. The van der Waals surface area contributed by atoms with Crippen molar-refractivity contribution in [2.24, 2.45) is 0 Å². The fourth-order valence-corrected chi connectivity index (χ4v) is 3.07. The molecule has 1 aliphatic carbocycles. The Hall–Kier alpha value is -1.87. The smallest absolute Gasteiger partial charge is 0.334 e. The Kier molecular flexibility index (Phi) is 4.20. The van der Waals surface area contributed by atoms with Crippen LogP contribution in [0.25, 0.3) is 0 Å². The first-order valence-electron chi connectivity index (χ1n) is 7.61. The predicted octanol–water partition coefficient (Wildman–Crippen LogP) is 3.08. The van der Waals surface area contributed by atoms with Crippen molar-refractivity contribution in [3.05, 3.63) is 58.7 Å². The van der Waals surface area contributed by atoms with E-state index in [1.165, 1.54) is 16.7 Å². The maximum absolute atomic E-state index is 11.8. The van der Waals surface area contributed by atoms with E-state index in [1.54, 1.807) is 0 Å². The highest BCUT2D eigenvalue weighted by molar-refractivity contribution is 5.90. The van der Waals surface area contributed by atoms with Gasteiger partial charge in [0.15, 0.2) is 0 Å². The maximum atomic E-state index is 11.8. The predicted molar refractivity (Wildman–Crippen MR) is 82.7 cm³/mol. The molecular formula is C18H21NO2. The summed E-state index contributed by atoms with van der Waals surface area (Å²) in [7, 11) is 0. The van der Waals surface area contributed by atoms with Gasteiger partial charge >= 0.3 is 5.97 Å². The molecule has 2 aliphatic rings. The maximum Gasteiger partial charge on any atom is 0.334 e. The van der Waals surface area contributed by atoms with Crippen molar-refractivity contribution in [3.8, 4) is 0 Å².